The highest BCUT2D eigenvalue weighted by molar-refractivity contribution is 5.30. The molecule has 0 aromatic heterocycles. The van der Waals surface area contributed by atoms with E-state index in [1.807, 2.05) is 0 Å². The summed E-state index contributed by atoms with van der Waals surface area (Å²) in [7, 11) is 2.32. The van der Waals surface area contributed by atoms with E-state index >= 15 is 0 Å². The Morgan fingerprint density at radius 1 is 1.32 bits per heavy atom. The number of fused-ring (bicyclic) bond motifs is 1. The lowest BCUT2D eigenvalue weighted by Gasteiger charge is -2.37. The van der Waals surface area contributed by atoms with Crippen LogP contribution in [0.25, 0.3) is 0 Å². The molecule has 0 saturated carbocycles. The van der Waals surface area contributed by atoms with Crippen molar-refractivity contribution in [2.75, 3.05) is 26.7 Å². The van der Waals surface area contributed by atoms with Gasteiger partial charge in [-0.25, -0.2) is 0 Å². The van der Waals surface area contributed by atoms with Crippen LogP contribution in [0.1, 0.15) is 30.9 Å². The van der Waals surface area contributed by atoms with Crippen LogP contribution in [-0.2, 0) is 12.8 Å². The summed E-state index contributed by atoms with van der Waals surface area (Å²) in [6, 6.07) is 9.70. The molecule has 104 valence electrons. The van der Waals surface area contributed by atoms with Gasteiger partial charge in [0.05, 0.1) is 0 Å². The van der Waals surface area contributed by atoms with Gasteiger partial charge < -0.3 is 10.2 Å². The van der Waals surface area contributed by atoms with Gasteiger partial charge in [-0.05, 0) is 55.8 Å². The predicted octanol–water partition coefficient (Wildman–Crippen LogP) is 2.48. The van der Waals surface area contributed by atoms with Gasteiger partial charge in [-0.3, -0.25) is 0 Å². The van der Waals surface area contributed by atoms with Crippen molar-refractivity contribution in [3.05, 3.63) is 35.4 Å². The Morgan fingerprint density at radius 3 is 2.84 bits per heavy atom. The van der Waals surface area contributed by atoms with Crippen molar-refractivity contribution in [3.63, 3.8) is 0 Å². The van der Waals surface area contributed by atoms with Crippen molar-refractivity contribution in [2.45, 2.75) is 38.6 Å². The second-order valence-electron chi connectivity index (χ2n) is 6.82. The van der Waals surface area contributed by atoms with Crippen LogP contribution in [0.2, 0.25) is 0 Å². The van der Waals surface area contributed by atoms with Crippen LogP contribution < -0.4 is 5.32 Å². The average molecular weight is 258 g/mol. The quantitative estimate of drug-likeness (QED) is 0.896. The van der Waals surface area contributed by atoms with Crippen LogP contribution in [0, 0.1) is 5.41 Å². The third-order valence-corrected chi connectivity index (χ3v) is 5.03. The Bertz CT molecular complexity index is 435. The minimum absolute atomic E-state index is 0.478. The molecule has 19 heavy (non-hydrogen) atoms. The molecule has 1 heterocycles. The number of benzene rings is 1. The Balaban J connectivity index is 1.64. The van der Waals surface area contributed by atoms with E-state index in [4.69, 9.17) is 0 Å². The molecule has 0 spiro atoms. The summed E-state index contributed by atoms with van der Waals surface area (Å²) in [6.07, 6.45) is 5.12. The standard InChI is InChI=1S/C17H26N2/c1-17(9-10-18-12-17)13-19(2)16-8-7-14-5-3-4-6-15(14)11-16/h3-6,16,18H,7-13H2,1-2H3. The van der Waals surface area contributed by atoms with Gasteiger partial charge in [0.1, 0.15) is 0 Å². The fourth-order valence-corrected chi connectivity index (χ4v) is 3.79. The molecule has 1 aliphatic carbocycles. The molecule has 1 aromatic carbocycles. The van der Waals surface area contributed by atoms with E-state index in [0.717, 1.165) is 6.04 Å². The van der Waals surface area contributed by atoms with Crippen LogP contribution in [0.15, 0.2) is 24.3 Å². The van der Waals surface area contributed by atoms with E-state index in [-0.39, 0.29) is 0 Å². The first-order valence-corrected chi connectivity index (χ1v) is 7.64. The summed E-state index contributed by atoms with van der Waals surface area (Å²) in [4.78, 5) is 2.61. The van der Waals surface area contributed by atoms with Gasteiger partial charge in [0.25, 0.3) is 0 Å². The van der Waals surface area contributed by atoms with Gasteiger partial charge in [0, 0.05) is 19.1 Å². The van der Waals surface area contributed by atoms with Crippen molar-refractivity contribution in [3.8, 4) is 0 Å². The molecule has 1 aliphatic heterocycles. The molecule has 1 fully saturated rings. The lowest BCUT2D eigenvalue weighted by molar-refractivity contribution is 0.149. The molecule has 0 bridgehead atoms. The topological polar surface area (TPSA) is 15.3 Å². The molecular weight excluding hydrogens is 232 g/mol. The van der Waals surface area contributed by atoms with E-state index in [9.17, 15) is 0 Å². The lowest BCUT2D eigenvalue weighted by Crippen LogP contribution is -2.43. The first kappa shape index (κ1) is 13.1. The highest BCUT2D eigenvalue weighted by atomic mass is 15.1. The SMILES string of the molecule is CN(CC1(C)CCNC1)C1CCc2ccccc2C1. The minimum Gasteiger partial charge on any atom is -0.316 e. The van der Waals surface area contributed by atoms with Crippen molar-refractivity contribution in [1.29, 1.82) is 0 Å². The normalized spacial score (nSPS) is 30.6. The molecule has 2 nitrogen and oxygen atoms in total. The Labute approximate surface area is 117 Å². The third-order valence-electron chi connectivity index (χ3n) is 5.03. The summed E-state index contributed by atoms with van der Waals surface area (Å²) in [5.74, 6) is 0. The van der Waals surface area contributed by atoms with Crippen LogP contribution in [-0.4, -0.2) is 37.6 Å². The van der Waals surface area contributed by atoms with Crippen LogP contribution in [0.3, 0.4) is 0 Å². The second kappa shape index (κ2) is 5.26. The third kappa shape index (κ3) is 2.85. The van der Waals surface area contributed by atoms with E-state index < -0.39 is 0 Å². The number of nitrogens with one attached hydrogen (secondary N) is 1. The molecule has 2 heteroatoms. The molecule has 2 atom stereocenters. The minimum atomic E-state index is 0.478. The summed E-state index contributed by atoms with van der Waals surface area (Å²) in [5.41, 5.74) is 3.62. The van der Waals surface area contributed by atoms with Gasteiger partial charge >= 0.3 is 0 Å². The Morgan fingerprint density at radius 2 is 2.11 bits per heavy atom. The molecule has 2 unspecified atom stereocenters. The fraction of sp³-hybridized carbons (Fsp3) is 0.647. The maximum absolute atomic E-state index is 3.51. The molecule has 0 amide bonds. The second-order valence-corrected chi connectivity index (χ2v) is 6.82. The zero-order chi connectivity index (χ0) is 13.3. The van der Waals surface area contributed by atoms with Gasteiger partial charge in [-0.1, -0.05) is 31.2 Å². The van der Waals surface area contributed by atoms with Crippen molar-refractivity contribution >= 4 is 0 Å². The first-order chi connectivity index (χ1) is 9.16. The summed E-state index contributed by atoms with van der Waals surface area (Å²) in [6.45, 7) is 6.03. The molecular formula is C17H26N2. The maximum Gasteiger partial charge on any atom is 0.0136 e. The van der Waals surface area contributed by atoms with Crippen LogP contribution in [0.4, 0.5) is 0 Å². The van der Waals surface area contributed by atoms with Crippen molar-refractivity contribution in [2.24, 2.45) is 5.41 Å². The molecule has 3 rings (SSSR count). The highest BCUT2D eigenvalue weighted by Crippen LogP contribution is 2.29. The number of rotatable bonds is 3. The molecule has 1 aromatic rings. The van der Waals surface area contributed by atoms with E-state index in [1.165, 1.54) is 45.3 Å². The predicted molar refractivity (Wildman–Crippen MR) is 80.5 cm³/mol. The molecule has 0 radical (unpaired) electrons. The van der Waals surface area contributed by atoms with Gasteiger partial charge in [-0.2, -0.15) is 0 Å². The maximum atomic E-state index is 3.51. The monoisotopic (exact) mass is 258 g/mol. The number of hydrogen-bond acceptors (Lipinski definition) is 2. The van der Waals surface area contributed by atoms with E-state index in [2.05, 4.69) is 48.5 Å². The number of hydrogen-bond donors (Lipinski definition) is 1. The number of nitrogens with zero attached hydrogens (tertiary/aromatic N) is 1. The fourth-order valence-electron chi connectivity index (χ4n) is 3.79. The smallest absolute Gasteiger partial charge is 0.0136 e. The highest BCUT2D eigenvalue weighted by Gasteiger charge is 2.32. The first-order valence-electron chi connectivity index (χ1n) is 7.64. The van der Waals surface area contributed by atoms with Crippen molar-refractivity contribution < 1.29 is 0 Å². The van der Waals surface area contributed by atoms with E-state index in [1.54, 1.807) is 11.1 Å². The van der Waals surface area contributed by atoms with Crippen LogP contribution >= 0.6 is 0 Å². The summed E-state index contributed by atoms with van der Waals surface area (Å²) in [5, 5.41) is 3.51. The number of likely N-dealkylation sites (N-methyl/N-ethyl adjacent to an activating group) is 1. The molecule has 2 aliphatic rings. The Kier molecular flexibility index (Phi) is 3.64. The van der Waals surface area contributed by atoms with Gasteiger partial charge in [0.2, 0.25) is 0 Å². The molecule has 1 saturated heterocycles. The Hall–Kier alpha value is -0.860. The molecule has 1 N–H and O–H groups in total. The zero-order valence-electron chi connectivity index (χ0n) is 12.3. The summed E-state index contributed by atoms with van der Waals surface area (Å²) < 4.78 is 0. The lowest BCUT2D eigenvalue weighted by atomic mass is 9.85. The zero-order valence-corrected chi connectivity index (χ0v) is 12.3. The average Bonchev–Trinajstić information content (AvgIpc) is 2.84. The largest absolute Gasteiger partial charge is 0.316 e. The van der Waals surface area contributed by atoms with Crippen LogP contribution in [0.5, 0.6) is 0 Å². The van der Waals surface area contributed by atoms with Gasteiger partial charge in [-0.15, -0.1) is 0 Å². The summed E-state index contributed by atoms with van der Waals surface area (Å²) >= 11 is 0. The number of aryl methyl sites for hydroxylation is 1. The van der Waals surface area contributed by atoms with Crippen molar-refractivity contribution in [1.82, 2.24) is 10.2 Å². The van der Waals surface area contributed by atoms with E-state index in [0.29, 0.717) is 5.41 Å². The van der Waals surface area contributed by atoms with Gasteiger partial charge in [0.15, 0.2) is 0 Å².